The molecule has 0 amide bonds. The van der Waals surface area contributed by atoms with Crippen molar-refractivity contribution in [2.24, 2.45) is 0 Å². The first-order chi connectivity index (χ1) is 4.67. The molecule has 56 valence electrons. The molecule has 0 fully saturated rings. The largest absolute Gasteiger partial charge is 0.362 e. The molecule has 1 aliphatic rings. The summed E-state index contributed by atoms with van der Waals surface area (Å²) in [4.78, 5) is 0. The van der Waals surface area contributed by atoms with Crippen LogP contribution in [-0.4, -0.2) is 16.0 Å². The summed E-state index contributed by atoms with van der Waals surface area (Å²) in [6.07, 6.45) is 5.50. The van der Waals surface area contributed by atoms with Gasteiger partial charge in [-0.1, -0.05) is 18.7 Å². The molecular formula is C8H12O2. The Balaban J connectivity index is 2.82. The molecule has 0 aliphatic heterocycles. The molecule has 0 aromatic carbocycles. The van der Waals surface area contributed by atoms with Gasteiger partial charge in [0.05, 0.1) is 0 Å². The van der Waals surface area contributed by atoms with Crippen LogP contribution in [0.4, 0.5) is 0 Å². The molecule has 0 heterocycles. The van der Waals surface area contributed by atoms with E-state index in [2.05, 4.69) is 6.58 Å². The van der Waals surface area contributed by atoms with Crippen molar-refractivity contribution in [1.29, 1.82) is 0 Å². The van der Waals surface area contributed by atoms with Gasteiger partial charge in [0.1, 0.15) is 0 Å². The zero-order valence-corrected chi connectivity index (χ0v) is 5.88. The van der Waals surface area contributed by atoms with Crippen LogP contribution in [0.5, 0.6) is 0 Å². The zero-order valence-electron chi connectivity index (χ0n) is 5.88. The molecule has 1 aliphatic carbocycles. The van der Waals surface area contributed by atoms with Crippen molar-refractivity contribution in [1.82, 2.24) is 0 Å². The lowest BCUT2D eigenvalue weighted by atomic mass is 9.93. The van der Waals surface area contributed by atoms with Gasteiger partial charge in [-0.15, -0.1) is 0 Å². The second kappa shape index (κ2) is 2.56. The predicted octanol–water partition coefficient (Wildman–Crippen LogP) is 0.964. The molecule has 0 bridgehead atoms. The number of hydrogen-bond donors (Lipinski definition) is 2. The molecule has 2 heteroatoms. The second-order valence-corrected chi connectivity index (χ2v) is 2.57. The lowest BCUT2D eigenvalue weighted by Crippen LogP contribution is -2.31. The molecule has 0 saturated carbocycles. The summed E-state index contributed by atoms with van der Waals surface area (Å²) < 4.78 is 0. The van der Waals surface area contributed by atoms with Crippen LogP contribution in [0.1, 0.15) is 19.3 Å². The normalized spacial score (nSPS) is 23.6. The number of rotatable bonds is 1. The summed E-state index contributed by atoms with van der Waals surface area (Å²) in [5.41, 5.74) is 0.541. The maximum Gasteiger partial charge on any atom is 0.189 e. The quantitative estimate of drug-likeness (QED) is 0.533. The highest BCUT2D eigenvalue weighted by Crippen LogP contribution is 2.26. The Kier molecular flexibility index (Phi) is 1.92. The molecule has 10 heavy (non-hydrogen) atoms. The van der Waals surface area contributed by atoms with Crippen LogP contribution < -0.4 is 0 Å². The van der Waals surface area contributed by atoms with E-state index in [1.54, 1.807) is 0 Å². The third-order valence-electron chi connectivity index (χ3n) is 1.78. The highest BCUT2D eigenvalue weighted by molar-refractivity contribution is 5.25. The van der Waals surface area contributed by atoms with E-state index in [-0.39, 0.29) is 0 Å². The summed E-state index contributed by atoms with van der Waals surface area (Å²) in [7, 11) is 0. The fraction of sp³-hybridized carbons (Fsp3) is 0.500. The Morgan fingerprint density at radius 1 is 1.60 bits per heavy atom. The first-order valence-corrected chi connectivity index (χ1v) is 3.44. The Morgan fingerprint density at radius 3 is 2.70 bits per heavy atom. The average molecular weight is 140 g/mol. The van der Waals surface area contributed by atoms with Crippen LogP contribution in [0.25, 0.3) is 0 Å². The Hall–Kier alpha value is -0.600. The lowest BCUT2D eigenvalue weighted by Gasteiger charge is -2.26. The first-order valence-electron chi connectivity index (χ1n) is 3.44. The van der Waals surface area contributed by atoms with Crippen molar-refractivity contribution in [2.75, 3.05) is 0 Å². The van der Waals surface area contributed by atoms with Gasteiger partial charge >= 0.3 is 0 Å². The second-order valence-electron chi connectivity index (χ2n) is 2.57. The first kappa shape index (κ1) is 7.51. The molecule has 0 aromatic rings. The van der Waals surface area contributed by atoms with E-state index in [4.69, 9.17) is 0 Å². The summed E-state index contributed by atoms with van der Waals surface area (Å²) in [6, 6.07) is 0. The third kappa shape index (κ3) is 1.28. The fourth-order valence-corrected chi connectivity index (χ4v) is 1.16. The zero-order chi connectivity index (χ0) is 7.61. The van der Waals surface area contributed by atoms with Crippen molar-refractivity contribution in [3.05, 3.63) is 24.3 Å². The van der Waals surface area contributed by atoms with Gasteiger partial charge in [-0.25, -0.2) is 0 Å². The summed E-state index contributed by atoms with van der Waals surface area (Å²) in [5, 5.41) is 18.5. The molecule has 0 aromatic heterocycles. The maximum absolute atomic E-state index is 9.25. The van der Waals surface area contributed by atoms with Gasteiger partial charge in [0.2, 0.25) is 0 Å². The van der Waals surface area contributed by atoms with Crippen molar-refractivity contribution in [3.63, 3.8) is 0 Å². The molecule has 0 unspecified atom stereocenters. The lowest BCUT2D eigenvalue weighted by molar-refractivity contribution is -0.134. The number of hydrogen-bond acceptors (Lipinski definition) is 2. The van der Waals surface area contributed by atoms with E-state index >= 15 is 0 Å². The molecular weight excluding hydrogens is 128 g/mol. The van der Waals surface area contributed by atoms with Crippen LogP contribution in [0.15, 0.2) is 24.3 Å². The number of allylic oxidation sites excluding steroid dienone is 1. The highest BCUT2D eigenvalue weighted by atomic mass is 16.5. The smallest absolute Gasteiger partial charge is 0.189 e. The predicted molar refractivity (Wildman–Crippen MR) is 39.3 cm³/mol. The molecule has 1 rings (SSSR count). The van der Waals surface area contributed by atoms with E-state index in [0.29, 0.717) is 12.0 Å². The van der Waals surface area contributed by atoms with Gasteiger partial charge in [0, 0.05) is 12.0 Å². The molecule has 2 N–H and O–H groups in total. The van der Waals surface area contributed by atoms with Gasteiger partial charge in [0.25, 0.3) is 0 Å². The fourth-order valence-electron chi connectivity index (χ4n) is 1.16. The Bertz CT molecular complexity index is 168. The van der Waals surface area contributed by atoms with E-state index in [9.17, 15) is 10.2 Å². The van der Waals surface area contributed by atoms with E-state index < -0.39 is 5.79 Å². The van der Waals surface area contributed by atoms with Crippen LogP contribution in [0.3, 0.4) is 0 Å². The Morgan fingerprint density at radius 2 is 2.30 bits per heavy atom. The van der Waals surface area contributed by atoms with Crippen LogP contribution >= 0.6 is 0 Å². The van der Waals surface area contributed by atoms with E-state index in [0.717, 1.165) is 12.8 Å². The monoisotopic (exact) mass is 140 g/mol. The van der Waals surface area contributed by atoms with Crippen molar-refractivity contribution >= 4 is 0 Å². The topological polar surface area (TPSA) is 40.5 Å². The minimum atomic E-state index is -1.61. The van der Waals surface area contributed by atoms with Gasteiger partial charge in [-0.05, 0) is 12.8 Å². The van der Waals surface area contributed by atoms with Crippen LogP contribution in [0.2, 0.25) is 0 Å². The van der Waals surface area contributed by atoms with E-state index in [1.807, 2.05) is 6.08 Å². The minimum Gasteiger partial charge on any atom is -0.362 e. The molecule has 2 nitrogen and oxygen atoms in total. The van der Waals surface area contributed by atoms with Crippen molar-refractivity contribution < 1.29 is 10.2 Å². The molecule has 0 atom stereocenters. The average Bonchev–Trinajstić information content (AvgIpc) is 1.87. The van der Waals surface area contributed by atoms with Crippen LogP contribution in [0, 0.1) is 0 Å². The minimum absolute atomic E-state index is 0.421. The van der Waals surface area contributed by atoms with Crippen molar-refractivity contribution in [3.8, 4) is 0 Å². The Labute approximate surface area is 60.5 Å². The van der Waals surface area contributed by atoms with Crippen LogP contribution in [-0.2, 0) is 0 Å². The summed E-state index contributed by atoms with van der Waals surface area (Å²) in [5.74, 6) is -1.61. The van der Waals surface area contributed by atoms with Gasteiger partial charge < -0.3 is 10.2 Å². The number of aliphatic hydroxyl groups is 2. The third-order valence-corrected chi connectivity index (χ3v) is 1.78. The summed E-state index contributed by atoms with van der Waals surface area (Å²) in [6.45, 7) is 3.49. The molecule has 0 saturated heterocycles. The summed E-state index contributed by atoms with van der Waals surface area (Å²) >= 11 is 0. The SMILES string of the molecule is C=CC1=CCCCC1(O)O. The molecule has 0 radical (unpaired) electrons. The standard InChI is InChI=1S/C8H12O2/c1-2-7-5-3-4-6-8(7,9)10/h2,5,9-10H,1,3-4,6H2. The van der Waals surface area contributed by atoms with Gasteiger partial charge in [0.15, 0.2) is 5.79 Å². The maximum atomic E-state index is 9.25. The molecule has 0 spiro atoms. The van der Waals surface area contributed by atoms with Gasteiger partial charge in [-0.2, -0.15) is 0 Å². The van der Waals surface area contributed by atoms with Crippen molar-refractivity contribution in [2.45, 2.75) is 25.0 Å². The highest BCUT2D eigenvalue weighted by Gasteiger charge is 2.27. The van der Waals surface area contributed by atoms with E-state index in [1.165, 1.54) is 6.08 Å². The van der Waals surface area contributed by atoms with Gasteiger partial charge in [-0.3, -0.25) is 0 Å².